The molecule has 18 heteroatoms. The van der Waals surface area contributed by atoms with Gasteiger partial charge in [0.15, 0.2) is 0 Å². The molecular weight excluding hydrogens is 672 g/mol. The van der Waals surface area contributed by atoms with Gasteiger partial charge < -0.3 is 23.2 Å². The molecule has 0 aromatic rings. The predicted octanol–water partition coefficient (Wildman–Crippen LogP) is 9.93. The van der Waals surface area contributed by atoms with E-state index in [0.717, 1.165) is 6.92 Å². The summed E-state index contributed by atoms with van der Waals surface area (Å²) >= 11 is 0. The van der Waals surface area contributed by atoms with Crippen molar-refractivity contribution >= 4 is 35.6 Å². The van der Waals surface area contributed by atoms with E-state index in [-0.39, 0.29) is 0 Å². The molecule has 0 radical (unpaired) electrons. The third-order valence-electron chi connectivity index (χ3n) is 4.30. The first-order chi connectivity index (χ1) is 20.0. The lowest BCUT2D eigenvalue weighted by molar-refractivity contribution is 0.0536. The van der Waals surface area contributed by atoms with Crippen molar-refractivity contribution in [3.8, 4) is 0 Å². The zero-order chi connectivity index (χ0) is 36.4. The lowest BCUT2D eigenvalue weighted by Crippen LogP contribution is -2.33. The zero-order valence-electron chi connectivity index (χ0n) is 30.2. The van der Waals surface area contributed by atoms with Crippen molar-refractivity contribution in [3.63, 3.8) is 0 Å². The molecule has 0 amide bonds. The molecule has 0 aliphatic rings. The average molecular weight is 733 g/mol. The van der Waals surface area contributed by atoms with Gasteiger partial charge in [-0.15, -0.1) is 0 Å². The van der Waals surface area contributed by atoms with Gasteiger partial charge in [0.1, 0.15) is 0 Å². The van der Waals surface area contributed by atoms with E-state index < -0.39 is 89.6 Å². The van der Waals surface area contributed by atoms with E-state index >= 15 is 0 Å². The van der Waals surface area contributed by atoms with Crippen LogP contribution in [0.3, 0.4) is 0 Å². The van der Waals surface area contributed by atoms with E-state index in [4.69, 9.17) is 36.2 Å². The second kappa shape index (κ2) is 19.4. The Morgan fingerprint density at radius 3 is 0.711 bits per heavy atom. The first kappa shape index (κ1) is 47.3. The van der Waals surface area contributed by atoms with Gasteiger partial charge in [0, 0.05) is 0 Å². The summed E-state index contributed by atoms with van der Waals surface area (Å²) in [6.45, 7) is 27.0. The SMILES string of the molecule is CC(C)OP(=O)(OC(C)C)C(=O)P(=O)(OC(C)C)OC(C)C.CC(C)OP(=O)(OC(C)C)C(C)(O)P(=O)(OC(C)C)OC(C)C. The third kappa shape index (κ3) is 16.0. The minimum atomic E-state index is -4.31. The molecule has 0 fully saturated rings. The Balaban J connectivity index is 0. The molecule has 0 aliphatic carbocycles. The fraction of sp³-hybridized carbons (Fsp3) is 0.963. The lowest BCUT2D eigenvalue weighted by atomic mass is 10.5. The van der Waals surface area contributed by atoms with Gasteiger partial charge in [0.25, 0.3) is 5.08 Å². The van der Waals surface area contributed by atoms with E-state index in [2.05, 4.69) is 0 Å². The molecule has 0 saturated carbocycles. The number of carbonyl (C=O) groups excluding carboxylic acids is 1. The van der Waals surface area contributed by atoms with Gasteiger partial charge in [-0.05, 0) is 118 Å². The van der Waals surface area contributed by atoms with Gasteiger partial charge in [0.2, 0.25) is 0 Å². The van der Waals surface area contributed by atoms with Crippen LogP contribution in [0.15, 0.2) is 0 Å². The van der Waals surface area contributed by atoms with Crippen LogP contribution in [0.1, 0.15) is 118 Å². The molecule has 45 heavy (non-hydrogen) atoms. The highest BCUT2D eigenvalue weighted by atomic mass is 31.2. The largest absolute Gasteiger partial charge is 0.410 e. The second-order valence-corrected chi connectivity index (χ2v) is 21.4. The summed E-state index contributed by atoms with van der Waals surface area (Å²) in [7, 11) is -17.1. The molecule has 0 bridgehead atoms. The van der Waals surface area contributed by atoms with Crippen LogP contribution >= 0.6 is 30.4 Å². The Labute approximate surface area is 271 Å². The maximum atomic E-state index is 13.2. The molecule has 272 valence electrons. The first-order valence-electron chi connectivity index (χ1n) is 15.1. The Morgan fingerprint density at radius 1 is 0.422 bits per heavy atom. The molecule has 0 aromatic heterocycles. The van der Waals surface area contributed by atoms with E-state index in [9.17, 15) is 28.2 Å². The molecule has 0 rings (SSSR count). The van der Waals surface area contributed by atoms with Crippen molar-refractivity contribution in [1.82, 2.24) is 0 Å². The maximum absolute atomic E-state index is 13.2. The zero-order valence-corrected chi connectivity index (χ0v) is 33.7. The van der Waals surface area contributed by atoms with Gasteiger partial charge in [-0.3, -0.25) is 41.1 Å². The molecule has 0 aromatic carbocycles. The fourth-order valence-corrected chi connectivity index (χ4v) is 12.5. The van der Waals surface area contributed by atoms with Gasteiger partial charge in [-0.1, -0.05) is 0 Å². The summed E-state index contributed by atoms with van der Waals surface area (Å²) in [6.07, 6.45) is -4.29. The summed E-state index contributed by atoms with van der Waals surface area (Å²) in [5.74, 6) is 0. The lowest BCUT2D eigenvalue weighted by Gasteiger charge is -2.38. The minimum Gasteiger partial charge on any atom is -0.368 e. The fourth-order valence-electron chi connectivity index (χ4n) is 3.20. The van der Waals surface area contributed by atoms with Crippen LogP contribution < -0.4 is 0 Å². The molecule has 0 heterocycles. The van der Waals surface area contributed by atoms with E-state index in [1.807, 2.05) is 0 Å². The topological polar surface area (TPSA) is 179 Å². The summed E-state index contributed by atoms with van der Waals surface area (Å²) in [5.41, 5.74) is 0. The maximum Gasteiger partial charge on any atom is 0.410 e. The van der Waals surface area contributed by atoms with E-state index in [1.165, 1.54) is 0 Å². The second-order valence-electron chi connectivity index (χ2n) is 12.5. The molecule has 0 saturated heterocycles. The van der Waals surface area contributed by atoms with Crippen LogP contribution in [0, 0.1) is 0 Å². The summed E-state index contributed by atoms with van der Waals surface area (Å²) in [4.78, 5) is 12.6. The smallest absolute Gasteiger partial charge is 0.368 e. The first-order valence-corrected chi connectivity index (χ1v) is 21.3. The minimum absolute atomic E-state index is 0.516. The van der Waals surface area contributed by atoms with Gasteiger partial charge in [-0.2, -0.15) is 0 Å². The Morgan fingerprint density at radius 2 is 0.578 bits per heavy atom. The Kier molecular flexibility index (Phi) is 20.4. The quantitative estimate of drug-likeness (QED) is 0.117. The molecule has 0 aliphatic heterocycles. The molecule has 0 spiro atoms. The number of carbonyl (C=O) groups is 1. The van der Waals surface area contributed by atoms with Crippen LogP contribution in [-0.2, 0) is 54.5 Å². The van der Waals surface area contributed by atoms with Crippen molar-refractivity contribution in [3.05, 3.63) is 0 Å². The highest BCUT2D eigenvalue weighted by molar-refractivity contribution is 7.98. The van der Waals surface area contributed by atoms with Crippen LogP contribution in [-0.4, -0.2) is 64.3 Å². The molecule has 14 nitrogen and oxygen atoms in total. The van der Waals surface area contributed by atoms with E-state index in [0.29, 0.717) is 0 Å². The highest BCUT2D eigenvalue weighted by Gasteiger charge is 2.63. The van der Waals surface area contributed by atoms with Crippen LogP contribution in [0.2, 0.25) is 0 Å². The molecule has 0 unspecified atom stereocenters. The predicted molar refractivity (Wildman–Crippen MR) is 176 cm³/mol. The summed E-state index contributed by atoms with van der Waals surface area (Å²) in [6, 6.07) is 0. The van der Waals surface area contributed by atoms with Crippen LogP contribution in [0.5, 0.6) is 0 Å². The normalized spacial score (nSPS) is 14.1. The number of hydrogen-bond acceptors (Lipinski definition) is 14. The van der Waals surface area contributed by atoms with Crippen LogP contribution in [0.25, 0.3) is 0 Å². The Hall–Kier alpha value is 0.230. The summed E-state index contributed by atoms with van der Waals surface area (Å²) in [5, 5.41) is 7.22. The molecule has 1 N–H and O–H groups in total. The van der Waals surface area contributed by atoms with Gasteiger partial charge in [-0.25, -0.2) is 0 Å². The van der Waals surface area contributed by atoms with Gasteiger partial charge in [0.05, 0.1) is 48.8 Å². The standard InChI is InChI=1S/C14H32O7P2.C13H28O7P2/c1-10(2)18-22(16,19-11(3)4)14(9,15)23(17,20-12(5)6)21-13(7)8;1-9(2)17-21(15,18-10(3)4)13(14)22(16,19-11(5)6)20-12(7)8/h10-13,15H,1-9H3;9-12H,1-8H3. The number of aliphatic hydroxyl groups is 1. The Bertz CT molecular complexity index is 947. The number of hydrogen-bond donors (Lipinski definition) is 1. The van der Waals surface area contributed by atoms with Crippen molar-refractivity contribution in [2.45, 2.75) is 172 Å². The highest BCUT2D eigenvalue weighted by Crippen LogP contribution is 2.77. The van der Waals surface area contributed by atoms with Gasteiger partial charge >= 0.3 is 35.6 Å². The van der Waals surface area contributed by atoms with Crippen molar-refractivity contribution in [2.24, 2.45) is 0 Å². The molecule has 0 atom stereocenters. The average Bonchev–Trinajstić information content (AvgIpc) is 2.74. The number of rotatable bonds is 20. The molecular formula is C27H60O14P4. The van der Waals surface area contributed by atoms with Crippen LogP contribution in [0.4, 0.5) is 4.79 Å². The third-order valence-corrected chi connectivity index (χ3v) is 15.8. The monoisotopic (exact) mass is 732 g/mol. The van der Waals surface area contributed by atoms with Crippen molar-refractivity contribution < 1.29 is 64.4 Å². The van der Waals surface area contributed by atoms with Crippen molar-refractivity contribution in [2.75, 3.05) is 0 Å². The summed E-state index contributed by atoms with van der Waals surface area (Å²) < 4.78 is 94.3. The van der Waals surface area contributed by atoms with Crippen molar-refractivity contribution in [1.29, 1.82) is 0 Å². The van der Waals surface area contributed by atoms with E-state index in [1.54, 1.807) is 111 Å².